The predicted molar refractivity (Wildman–Crippen MR) is 85.8 cm³/mol. The van der Waals surface area contributed by atoms with Gasteiger partial charge in [0.15, 0.2) is 0 Å². The van der Waals surface area contributed by atoms with Gasteiger partial charge in [-0.15, -0.1) is 0 Å². The maximum Gasteiger partial charge on any atom is 0.134 e. The van der Waals surface area contributed by atoms with E-state index in [4.69, 9.17) is 4.42 Å². The van der Waals surface area contributed by atoms with Crippen molar-refractivity contribution >= 4 is 26.9 Å². The van der Waals surface area contributed by atoms with Crippen molar-refractivity contribution in [3.63, 3.8) is 0 Å². The molecule has 0 amide bonds. The second-order valence-corrected chi connectivity index (χ2v) is 6.64. The van der Waals surface area contributed by atoms with Crippen molar-refractivity contribution in [2.45, 2.75) is 39.3 Å². The van der Waals surface area contributed by atoms with Crippen LogP contribution in [-0.2, 0) is 0 Å². The monoisotopic (exact) mass is 339 g/mol. The SMILES string of the molecule is CC(C)CC(CO)NC(C)c1cc2cc(Br)ccc2o1. The molecule has 2 aromatic rings. The minimum atomic E-state index is 0.0806. The summed E-state index contributed by atoms with van der Waals surface area (Å²) < 4.78 is 6.92. The minimum absolute atomic E-state index is 0.0806. The summed E-state index contributed by atoms with van der Waals surface area (Å²) in [5, 5.41) is 14.0. The van der Waals surface area contributed by atoms with Gasteiger partial charge in [0.2, 0.25) is 0 Å². The second-order valence-electron chi connectivity index (χ2n) is 5.73. The van der Waals surface area contributed by atoms with E-state index in [0.29, 0.717) is 5.92 Å². The van der Waals surface area contributed by atoms with Crippen molar-refractivity contribution in [1.29, 1.82) is 0 Å². The van der Waals surface area contributed by atoms with E-state index in [2.05, 4.69) is 48.1 Å². The fourth-order valence-corrected chi connectivity index (χ4v) is 2.83. The normalized spacial score (nSPS) is 14.9. The predicted octanol–water partition coefficient (Wildman–Crippen LogP) is 4.25. The molecule has 0 saturated carbocycles. The first-order chi connectivity index (χ1) is 9.49. The molecule has 1 aromatic carbocycles. The highest BCUT2D eigenvalue weighted by molar-refractivity contribution is 9.10. The summed E-state index contributed by atoms with van der Waals surface area (Å²) in [7, 11) is 0. The summed E-state index contributed by atoms with van der Waals surface area (Å²) >= 11 is 3.47. The highest BCUT2D eigenvalue weighted by atomic mass is 79.9. The smallest absolute Gasteiger partial charge is 0.134 e. The number of halogens is 1. The third-order valence-corrected chi connectivity index (χ3v) is 3.88. The Kier molecular flexibility index (Phi) is 5.24. The average molecular weight is 340 g/mol. The highest BCUT2D eigenvalue weighted by Crippen LogP contribution is 2.27. The Morgan fingerprint density at radius 3 is 2.65 bits per heavy atom. The molecule has 4 heteroatoms. The number of benzene rings is 1. The lowest BCUT2D eigenvalue weighted by Gasteiger charge is -2.21. The van der Waals surface area contributed by atoms with Crippen molar-refractivity contribution in [2.75, 3.05) is 6.61 Å². The molecule has 0 radical (unpaired) electrons. The van der Waals surface area contributed by atoms with Crippen LogP contribution in [0, 0.1) is 5.92 Å². The van der Waals surface area contributed by atoms with Crippen LogP contribution in [0.2, 0.25) is 0 Å². The van der Waals surface area contributed by atoms with Crippen LogP contribution in [0.3, 0.4) is 0 Å². The van der Waals surface area contributed by atoms with Crippen LogP contribution in [0.4, 0.5) is 0 Å². The van der Waals surface area contributed by atoms with Gasteiger partial charge in [-0.3, -0.25) is 0 Å². The van der Waals surface area contributed by atoms with Crippen LogP contribution in [0.5, 0.6) is 0 Å². The molecule has 110 valence electrons. The van der Waals surface area contributed by atoms with Gasteiger partial charge in [0.25, 0.3) is 0 Å². The van der Waals surface area contributed by atoms with E-state index in [1.165, 1.54) is 0 Å². The van der Waals surface area contributed by atoms with Gasteiger partial charge in [-0.2, -0.15) is 0 Å². The van der Waals surface area contributed by atoms with E-state index in [1.807, 2.05) is 18.2 Å². The number of furan rings is 1. The fraction of sp³-hybridized carbons (Fsp3) is 0.500. The van der Waals surface area contributed by atoms with Gasteiger partial charge in [0.1, 0.15) is 11.3 Å². The summed E-state index contributed by atoms with van der Waals surface area (Å²) in [6.07, 6.45) is 0.951. The first kappa shape index (κ1) is 15.5. The maximum absolute atomic E-state index is 9.45. The third kappa shape index (κ3) is 3.84. The molecule has 0 spiro atoms. The molecule has 0 aliphatic heterocycles. The second kappa shape index (κ2) is 6.74. The van der Waals surface area contributed by atoms with E-state index in [0.717, 1.165) is 27.6 Å². The summed E-state index contributed by atoms with van der Waals surface area (Å²) in [5.74, 6) is 1.46. The van der Waals surface area contributed by atoms with E-state index in [-0.39, 0.29) is 18.7 Å². The van der Waals surface area contributed by atoms with Crippen LogP contribution >= 0.6 is 15.9 Å². The van der Waals surface area contributed by atoms with E-state index < -0.39 is 0 Å². The maximum atomic E-state index is 9.45. The van der Waals surface area contributed by atoms with Gasteiger partial charge >= 0.3 is 0 Å². The summed E-state index contributed by atoms with van der Waals surface area (Å²) in [6, 6.07) is 8.23. The number of nitrogens with one attached hydrogen (secondary N) is 1. The molecule has 3 nitrogen and oxygen atoms in total. The molecule has 2 N–H and O–H groups in total. The number of rotatable bonds is 6. The molecule has 1 aromatic heterocycles. The molecular weight excluding hydrogens is 318 g/mol. The molecule has 0 saturated heterocycles. The summed E-state index contributed by atoms with van der Waals surface area (Å²) in [6.45, 7) is 6.53. The largest absolute Gasteiger partial charge is 0.459 e. The van der Waals surface area contributed by atoms with Gasteiger partial charge in [-0.05, 0) is 43.5 Å². The van der Waals surface area contributed by atoms with Gasteiger partial charge in [-0.1, -0.05) is 29.8 Å². The summed E-state index contributed by atoms with van der Waals surface area (Å²) in [4.78, 5) is 0. The van der Waals surface area contributed by atoms with Gasteiger partial charge < -0.3 is 14.8 Å². The first-order valence-corrected chi connectivity index (χ1v) is 7.84. The van der Waals surface area contributed by atoms with Crippen molar-refractivity contribution in [3.8, 4) is 0 Å². The van der Waals surface area contributed by atoms with E-state index in [1.54, 1.807) is 0 Å². The lowest BCUT2D eigenvalue weighted by molar-refractivity contribution is 0.211. The molecular formula is C16H22BrNO2. The standard InChI is InChI=1S/C16H22BrNO2/c1-10(2)6-14(9-19)18-11(3)16-8-12-7-13(17)4-5-15(12)20-16/h4-5,7-8,10-11,14,18-19H,6,9H2,1-3H3. The Morgan fingerprint density at radius 2 is 2.00 bits per heavy atom. The molecule has 0 fully saturated rings. The summed E-state index contributed by atoms with van der Waals surface area (Å²) in [5.41, 5.74) is 0.890. The van der Waals surface area contributed by atoms with Crippen molar-refractivity contribution in [3.05, 3.63) is 34.5 Å². The van der Waals surface area contributed by atoms with Crippen LogP contribution in [-0.4, -0.2) is 17.8 Å². The number of aliphatic hydroxyl groups is 1. The zero-order valence-corrected chi connectivity index (χ0v) is 13.8. The molecule has 0 aliphatic carbocycles. The zero-order valence-electron chi connectivity index (χ0n) is 12.2. The number of hydrogen-bond acceptors (Lipinski definition) is 3. The first-order valence-electron chi connectivity index (χ1n) is 7.05. The molecule has 20 heavy (non-hydrogen) atoms. The highest BCUT2D eigenvalue weighted by Gasteiger charge is 2.17. The lowest BCUT2D eigenvalue weighted by Crippen LogP contribution is -2.35. The van der Waals surface area contributed by atoms with Crippen molar-refractivity contribution < 1.29 is 9.52 Å². The zero-order chi connectivity index (χ0) is 14.7. The van der Waals surface area contributed by atoms with Gasteiger partial charge in [-0.25, -0.2) is 0 Å². The lowest BCUT2D eigenvalue weighted by atomic mass is 10.0. The topological polar surface area (TPSA) is 45.4 Å². The van der Waals surface area contributed by atoms with Gasteiger partial charge in [0, 0.05) is 15.9 Å². The molecule has 2 unspecified atom stereocenters. The van der Waals surface area contributed by atoms with Crippen LogP contribution in [0.25, 0.3) is 11.0 Å². The van der Waals surface area contributed by atoms with Crippen LogP contribution in [0.15, 0.2) is 33.2 Å². The Bertz CT molecular complexity index is 565. The molecule has 2 atom stereocenters. The Morgan fingerprint density at radius 1 is 1.25 bits per heavy atom. The van der Waals surface area contributed by atoms with E-state index in [9.17, 15) is 5.11 Å². The Balaban J connectivity index is 2.12. The van der Waals surface area contributed by atoms with Gasteiger partial charge in [0.05, 0.1) is 12.6 Å². The number of aliphatic hydroxyl groups excluding tert-OH is 1. The minimum Gasteiger partial charge on any atom is -0.459 e. The number of hydrogen-bond donors (Lipinski definition) is 2. The molecule has 0 aliphatic rings. The third-order valence-electron chi connectivity index (χ3n) is 3.39. The Hall–Kier alpha value is -0.840. The molecule has 0 bridgehead atoms. The van der Waals surface area contributed by atoms with Crippen molar-refractivity contribution in [2.24, 2.45) is 5.92 Å². The fourth-order valence-electron chi connectivity index (χ4n) is 2.45. The van der Waals surface area contributed by atoms with Crippen LogP contribution < -0.4 is 5.32 Å². The molecule has 2 rings (SSSR count). The molecule has 1 heterocycles. The van der Waals surface area contributed by atoms with Crippen molar-refractivity contribution in [1.82, 2.24) is 5.32 Å². The Labute approximate surface area is 128 Å². The van der Waals surface area contributed by atoms with E-state index >= 15 is 0 Å². The average Bonchev–Trinajstić information content (AvgIpc) is 2.80. The van der Waals surface area contributed by atoms with Crippen LogP contribution in [0.1, 0.15) is 39.0 Å². The quantitative estimate of drug-likeness (QED) is 0.826. The number of fused-ring (bicyclic) bond motifs is 1.